The highest BCUT2D eigenvalue weighted by Crippen LogP contribution is 2.07. The maximum atomic E-state index is 11.3. The van der Waals surface area contributed by atoms with Crippen LogP contribution in [0.5, 0.6) is 0 Å². The second-order valence-electron chi connectivity index (χ2n) is 4.07. The van der Waals surface area contributed by atoms with Crippen molar-refractivity contribution in [1.29, 1.82) is 0 Å². The average molecular weight is 278 g/mol. The van der Waals surface area contributed by atoms with Crippen molar-refractivity contribution in [2.45, 2.75) is 6.04 Å². The van der Waals surface area contributed by atoms with Gasteiger partial charge in [-0.1, -0.05) is 0 Å². The van der Waals surface area contributed by atoms with Crippen molar-refractivity contribution in [2.75, 3.05) is 39.1 Å². The smallest absolute Gasteiger partial charge is 0.407 e. The van der Waals surface area contributed by atoms with E-state index in [1.165, 1.54) is 6.08 Å². The molecule has 0 spiro atoms. The van der Waals surface area contributed by atoms with Crippen LogP contribution in [0.2, 0.25) is 0 Å². The molecule has 0 aromatic carbocycles. The molecule has 0 aromatic heterocycles. The van der Waals surface area contributed by atoms with Crippen LogP contribution >= 0.6 is 0 Å². The Balaban J connectivity index is 2.17. The van der Waals surface area contributed by atoms with Gasteiger partial charge in [-0.2, -0.15) is 0 Å². The number of alkyl carbamates (subject to hydrolysis) is 1. The summed E-state index contributed by atoms with van der Waals surface area (Å²) >= 11 is 0. The number of hydrogen-bond acceptors (Lipinski definition) is 6. The normalized spacial score (nSPS) is 21.2. The van der Waals surface area contributed by atoms with Crippen molar-refractivity contribution in [3.8, 4) is 0 Å². The van der Waals surface area contributed by atoms with E-state index >= 15 is 0 Å². The SMILES string of the molecule is CN(CCO)CCOC(=O)NC1C=CS(=O)(=O)C1. The molecular weight excluding hydrogens is 260 g/mol. The van der Waals surface area contributed by atoms with E-state index in [2.05, 4.69) is 5.32 Å². The summed E-state index contributed by atoms with van der Waals surface area (Å²) in [6.45, 7) is 1.25. The Morgan fingerprint density at radius 3 is 2.83 bits per heavy atom. The second kappa shape index (κ2) is 6.72. The van der Waals surface area contributed by atoms with E-state index in [0.29, 0.717) is 13.1 Å². The second-order valence-corrected chi connectivity index (χ2v) is 6.00. The molecule has 1 aliphatic rings. The van der Waals surface area contributed by atoms with Gasteiger partial charge in [-0.05, 0) is 13.1 Å². The van der Waals surface area contributed by atoms with Gasteiger partial charge in [-0.25, -0.2) is 13.2 Å². The number of amides is 1. The monoisotopic (exact) mass is 278 g/mol. The van der Waals surface area contributed by atoms with Crippen LogP contribution in [0, 0.1) is 0 Å². The number of hydrogen-bond donors (Lipinski definition) is 2. The van der Waals surface area contributed by atoms with Crippen LogP contribution in [0.25, 0.3) is 0 Å². The summed E-state index contributed by atoms with van der Waals surface area (Å²) in [5.74, 6) is -0.119. The molecule has 1 amide bonds. The molecule has 0 saturated heterocycles. The summed E-state index contributed by atoms with van der Waals surface area (Å²) in [7, 11) is -1.37. The van der Waals surface area contributed by atoms with Crippen LogP contribution in [-0.2, 0) is 14.6 Å². The van der Waals surface area contributed by atoms with E-state index in [0.717, 1.165) is 5.41 Å². The molecular formula is C10H18N2O5S. The molecule has 1 atom stereocenters. The zero-order valence-electron chi connectivity index (χ0n) is 10.2. The maximum Gasteiger partial charge on any atom is 0.407 e. The number of aliphatic hydroxyl groups is 1. The molecule has 1 heterocycles. The first-order valence-corrected chi connectivity index (χ1v) is 7.28. The number of carbonyl (C=O) groups is 1. The molecule has 0 radical (unpaired) electrons. The summed E-state index contributed by atoms with van der Waals surface area (Å²) in [6.07, 6.45) is 0.785. The Morgan fingerprint density at radius 1 is 1.56 bits per heavy atom. The predicted octanol–water partition coefficient (Wildman–Crippen LogP) is -1.05. The largest absolute Gasteiger partial charge is 0.448 e. The molecule has 2 N–H and O–H groups in total. The van der Waals surface area contributed by atoms with Crippen molar-refractivity contribution in [2.24, 2.45) is 0 Å². The van der Waals surface area contributed by atoms with Gasteiger partial charge in [0.2, 0.25) is 0 Å². The van der Waals surface area contributed by atoms with Gasteiger partial charge >= 0.3 is 6.09 Å². The van der Waals surface area contributed by atoms with E-state index in [9.17, 15) is 13.2 Å². The van der Waals surface area contributed by atoms with Crippen LogP contribution in [0.4, 0.5) is 4.79 Å². The fourth-order valence-corrected chi connectivity index (χ4v) is 2.67. The highest BCUT2D eigenvalue weighted by molar-refractivity contribution is 7.94. The molecule has 0 fully saturated rings. The van der Waals surface area contributed by atoms with Crippen LogP contribution in [0.15, 0.2) is 11.5 Å². The number of sulfone groups is 1. The Morgan fingerprint density at radius 2 is 2.28 bits per heavy atom. The fraction of sp³-hybridized carbons (Fsp3) is 0.700. The third-order valence-corrected chi connectivity index (χ3v) is 3.82. The molecule has 0 bridgehead atoms. The first-order chi connectivity index (χ1) is 8.43. The number of carbonyl (C=O) groups excluding carboxylic acids is 1. The molecule has 1 aliphatic heterocycles. The standard InChI is InChI=1S/C10H18N2O5S/c1-12(3-5-13)4-6-17-10(14)11-9-2-7-18(15,16)8-9/h2,7,9,13H,3-6,8H2,1H3,(H,11,14). The average Bonchev–Trinajstić information content (AvgIpc) is 2.58. The fourth-order valence-electron chi connectivity index (χ4n) is 1.44. The molecule has 18 heavy (non-hydrogen) atoms. The number of rotatable bonds is 6. The van der Waals surface area contributed by atoms with E-state index in [1.54, 1.807) is 7.05 Å². The maximum absolute atomic E-state index is 11.3. The Kier molecular flexibility index (Phi) is 5.57. The first-order valence-electron chi connectivity index (χ1n) is 5.56. The van der Waals surface area contributed by atoms with Crippen LogP contribution in [0.1, 0.15) is 0 Å². The summed E-state index contributed by atoms with van der Waals surface area (Å²) in [4.78, 5) is 13.1. The molecule has 104 valence electrons. The number of nitrogens with zero attached hydrogens (tertiary/aromatic N) is 1. The van der Waals surface area contributed by atoms with E-state index in [4.69, 9.17) is 9.84 Å². The zero-order valence-corrected chi connectivity index (χ0v) is 11.0. The molecule has 1 rings (SSSR count). The van der Waals surface area contributed by atoms with Crippen LogP contribution in [0.3, 0.4) is 0 Å². The highest BCUT2D eigenvalue weighted by atomic mass is 32.2. The molecule has 1 unspecified atom stereocenters. The minimum absolute atomic E-state index is 0.0490. The van der Waals surface area contributed by atoms with Gasteiger partial charge in [0, 0.05) is 18.5 Å². The Hall–Kier alpha value is -1.12. The third-order valence-electron chi connectivity index (χ3n) is 2.42. The highest BCUT2D eigenvalue weighted by Gasteiger charge is 2.23. The van der Waals surface area contributed by atoms with Crippen LogP contribution < -0.4 is 5.32 Å². The summed E-state index contributed by atoms with van der Waals surface area (Å²) in [5.41, 5.74) is 0. The summed E-state index contributed by atoms with van der Waals surface area (Å²) in [6, 6.07) is -0.516. The Bertz CT molecular complexity index is 406. The quantitative estimate of drug-likeness (QED) is 0.643. The lowest BCUT2D eigenvalue weighted by atomic mass is 10.3. The van der Waals surface area contributed by atoms with Gasteiger partial charge in [0.25, 0.3) is 0 Å². The summed E-state index contributed by atoms with van der Waals surface area (Å²) in [5, 5.41) is 12.2. The number of nitrogens with one attached hydrogen (secondary N) is 1. The van der Waals surface area contributed by atoms with Gasteiger partial charge < -0.3 is 20.1 Å². The van der Waals surface area contributed by atoms with Gasteiger partial charge in [-0.15, -0.1) is 0 Å². The molecule has 0 saturated carbocycles. The predicted molar refractivity (Wildman–Crippen MR) is 65.8 cm³/mol. The van der Waals surface area contributed by atoms with Gasteiger partial charge in [-0.3, -0.25) is 0 Å². The number of likely N-dealkylation sites (N-methyl/N-ethyl adjacent to an activating group) is 1. The minimum Gasteiger partial charge on any atom is -0.448 e. The van der Waals surface area contributed by atoms with Gasteiger partial charge in [0.05, 0.1) is 18.4 Å². The number of aliphatic hydroxyl groups excluding tert-OH is 1. The molecule has 0 aliphatic carbocycles. The lowest BCUT2D eigenvalue weighted by Crippen LogP contribution is -2.37. The Labute approximate surface area is 106 Å². The number of ether oxygens (including phenoxy) is 1. The van der Waals surface area contributed by atoms with Crippen molar-refractivity contribution < 1.29 is 23.1 Å². The first kappa shape index (κ1) is 14.9. The minimum atomic E-state index is -3.17. The van der Waals surface area contributed by atoms with Gasteiger partial charge in [0.15, 0.2) is 9.84 Å². The van der Waals surface area contributed by atoms with E-state index in [1.807, 2.05) is 4.90 Å². The van der Waals surface area contributed by atoms with Crippen molar-refractivity contribution in [1.82, 2.24) is 10.2 Å². The third kappa shape index (κ3) is 5.48. The lowest BCUT2D eigenvalue weighted by molar-refractivity contribution is 0.126. The molecule has 8 heteroatoms. The molecule has 7 nitrogen and oxygen atoms in total. The topological polar surface area (TPSA) is 95.9 Å². The van der Waals surface area contributed by atoms with Crippen LogP contribution in [-0.4, -0.2) is 69.7 Å². The zero-order chi connectivity index (χ0) is 13.6. The summed E-state index contributed by atoms with van der Waals surface area (Å²) < 4.78 is 27.1. The van der Waals surface area contributed by atoms with E-state index in [-0.39, 0.29) is 19.0 Å². The lowest BCUT2D eigenvalue weighted by Gasteiger charge is -2.15. The van der Waals surface area contributed by atoms with Gasteiger partial charge in [0.1, 0.15) is 6.61 Å². The van der Waals surface area contributed by atoms with Crippen molar-refractivity contribution >= 4 is 15.9 Å². The molecule has 0 aromatic rings. The van der Waals surface area contributed by atoms with Crippen molar-refractivity contribution in [3.63, 3.8) is 0 Å². The van der Waals surface area contributed by atoms with E-state index < -0.39 is 22.0 Å². The van der Waals surface area contributed by atoms with Crippen molar-refractivity contribution in [3.05, 3.63) is 11.5 Å².